The Labute approximate surface area is 175 Å². The molecule has 0 unspecified atom stereocenters. The number of carbonyl (C=O) groups is 2. The zero-order valence-electron chi connectivity index (χ0n) is 16.6. The highest BCUT2D eigenvalue weighted by Crippen LogP contribution is 2.23. The van der Waals surface area contributed by atoms with E-state index in [0.29, 0.717) is 42.7 Å². The Bertz CT molecular complexity index is 865. The molecule has 0 saturated carbocycles. The SMILES string of the molecule is Cc1nc(CC(C)C)sc1C(=O)N1CCCN(C(=O)c2ccccc2Cl)CC1. The van der Waals surface area contributed by atoms with Gasteiger partial charge in [-0.25, -0.2) is 4.98 Å². The Hall–Kier alpha value is -1.92. The van der Waals surface area contributed by atoms with Crippen molar-refractivity contribution in [2.75, 3.05) is 26.2 Å². The largest absolute Gasteiger partial charge is 0.337 e. The molecule has 2 heterocycles. The van der Waals surface area contributed by atoms with Crippen LogP contribution in [0.3, 0.4) is 0 Å². The van der Waals surface area contributed by atoms with Crippen molar-refractivity contribution in [3.05, 3.63) is 50.4 Å². The number of halogens is 1. The minimum absolute atomic E-state index is 0.0250. The van der Waals surface area contributed by atoms with E-state index >= 15 is 0 Å². The summed E-state index contributed by atoms with van der Waals surface area (Å²) in [5.41, 5.74) is 1.32. The topological polar surface area (TPSA) is 53.5 Å². The number of hydrogen-bond acceptors (Lipinski definition) is 4. The van der Waals surface area contributed by atoms with E-state index in [2.05, 4.69) is 18.8 Å². The number of benzene rings is 1. The van der Waals surface area contributed by atoms with Gasteiger partial charge in [0, 0.05) is 32.6 Å². The summed E-state index contributed by atoms with van der Waals surface area (Å²) in [4.78, 5) is 34.8. The van der Waals surface area contributed by atoms with E-state index in [1.165, 1.54) is 11.3 Å². The smallest absolute Gasteiger partial charge is 0.265 e. The summed E-state index contributed by atoms with van der Waals surface area (Å²) in [6.07, 6.45) is 1.64. The number of thiazole rings is 1. The lowest BCUT2D eigenvalue weighted by atomic mass is 10.1. The zero-order chi connectivity index (χ0) is 20.3. The second-order valence-electron chi connectivity index (χ2n) is 7.54. The highest BCUT2D eigenvalue weighted by Gasteiger charge is 2.26. The molecule has 0 bridgehead atoms. The Morgan fingerprint density at radius 1 is 1.11 bits per heavy atom. The van der Waals surface area contributed by atoms with Crippen LogP contribution in [0.2, 0.25) is 5.02 Å². The molecule has 0 atom stereocenters. The molecular formula is C21H26ClN3O2S. The summed E-state index contributed by atoms with van der Waals surface area (Å²) in [6.45, 7) is 8.49. The highest BCUT2D eigenvalue weighted by molar-refractivity contribution is 7.13. The summed E-state index contributed by atoms with van der Waals surface area (Å²) in [7, 11) is 0. The first kappa shape index (κ1) is 20.8. The van der Waals surface area contributed by atoms with Crippen LogP contribution in [0, 0.1) is 12.8 Å². The van der Waals surface area contributed by atoms with Crippen LogP contribution in [0.15, 0.2) is 24.3 Å². The molecule has 1 aromatic carbocycles. The maximum Gasteiger partial charge on any atom is 0.265 e. The molecule has 7 heteroatoms. The molecule has 150 valence electrons. The van der Waals surface area contributed by atoms with Gasteiger partial charge in [-0.2, -0.15) is 0 Å². The first-order valence-corrected chi connectivity index (χ1v) is 10.9. The number of amides is 2. The van der Waals surface area contributed by atoms with Crippen LogP contribution in [-0.2, 0) is 6.42 Å². The molecule has 28 heavy (non-hydrogen) atoms. The number of aromatic nitrogens is 1. The molecule has 1 fully saturated rings. The maximum absolute atomic E-state index is 13.0. The molecule has 0 radical (unpaired) electrons. The first-order valence-electron chi connectivity index (χ1n) is 9.66. The van der Waals surface area contributed by atoms with Crippen molar-refractivity contribution in [2.45, 2.75) is 33.6 Å². The minimum Gasteiger partial charge on any atom is -0.337 e. The first-order chi connectivity index (χ1) is 13.4. The molecule has 5 nitrogen and oxygen atoms in total. The molecule has 3 rings (SSSR count). The molecule has 1 aromatic heterocycles. The average molecular weight is 420 g/mol. The summed E-state index contributed by atoms with van der Waals surface area (Å²) < 4.78 is 0. The molecule has 2 amide bonds. The minimum atomic E-state index is -0.0758. The van der Waals surface area contributed by atoms with E-state index in [1.807, 2.05) is 24.0 Å². The van der Waals surface area contributed by atoms with Gasteiger partial charge in [0.05, 0.1) is 21.3 Å². The number of nitrogens with zero attached hydrogens (tertiary/aromatic N) is 3. The lowest BCUT2D eigenvalue weighted by Crippen LogP contribution is -2.37. The van der Waals surface area contributed by atoms with Crippen LogP contribution in [-0.4, -0.2) is 52.8 Å². The number of carbonyl (C=O) groups excluding carboxylic acids is 2. The van der Waals surface area contributed by atoms with Gasteiger partial charge in [-0.1, -0.05) is 37.6 Å². The van der Waals surface area contributed by atoms with Crippen molar-refractivity contribution in [3.63, 3.8) is 0 Å². The second kappa shape index (κ2) is 9.05. The summed E-state index contributed by atoms with van der Waals surface area (Å²) in [5, 5.41) is 1.48. The summed E-state index contributed by atoms with van der Waals surface area (Å²) in [6, 6.07) is 7.10. The third-order valence-electron chi connectivity index (χ3n) is 4.79. The molecule has 1 aliphatic rings. The molecule has 0 N–H and O–H groups in total. The van der Waals surface area contributed by atoms with Crippen molar-refractivity contribution in [3.8, 4) is 0 Å². The quantitative estimate of drug-likeness (QED) is 0.742. The lowest BCUT2D eigenvalue weighted by Gasteiger charge is -2.22. The van der Waals surface area contributed by atoms with Crippen LogP contribution in [0.1, 0.15) is 51.0 Å². The fourth-order valence-corrected chi connectivity index (χ4v) is 4.82. The van der Waals surface area contributed by atoms with E-state index in [4.69, 9.17) is 11.6 Å². The third-order valence-corrected chi connectivity index (χ3v) is 6.29. The van der Waals surface area contributed by atoms with Crippen molar-refractivity contribution in [1.82, 2.24) is 14.8 Å². The number of rotatable bonds is 4. The standard InChI is InChI=1S/C21H26ClN3O2S/c1-14(2)13-18-23-15(3)19(28-18)21(27)25-10-6-9-24(11-12-25)20(26)16-7-4-5-8-17(16)22/h4-5,7-8,14H,6,9-13H2,1-3H3. The zero-order valence-corrected chi connectivity index (χ0v) is 18.1. The fraction of sp³-hybridized carbons (Fsp3) is 0.476. The van der Waals surface area contributed by atoms with Crippen molar-refractivity contribution < 1.29 is 9.59 Å². The molecule has 1 saturated heterocycles. The monoisotopic (exact) mass is 419 g/mol. The van der Waals surface area contributed by atoms with Gasteiger partial charge in [0.1, 0.15) is 4.88 Å². The average Bonchev–Trinajstić information content (AvgIpc) is 2.86. The van der Waals surface area contributed by atoms with Crippen molar-refractivity contribution >= 4 is 34.8 Å². The van der Waals surface area contributed by atoms with Gasteiger partial charge in [-0.05, 0) is 31.4 Å². The maximum atomic E-state index is 13.0. The second-order valence-corrected chi connectivity index (χ2v) is 9.03. The summed E-state index contributed by atoms with van der Waals surface area (Å²) >= 11 is 7.68. The van der Waals surface area contributed by atoms with E-state index in [0.717, 1.165) is 28.4 Å². The van der Waals surface area contributed by atoms with E-state index in [9.17, 15) is 9.59 Å². The Morgan fingerprint density at radius 2 is 1.75 bits per heavy atom. The van der Waals surface area contributed by atoms with Crippen LogP contribution in [0.5, 0.6) is 0 Å². The van der Waals surface area contributed by atoms with Crippen LogP contribution in [0.4, 0.5) is 0 Å². The molecule has 1 aliphatic heterocycles. The fourth-order valence-electron chi connectivity index (χ4n) is 3.36. The predicted molar refractivity (Wildman–Crippen MR) is 113 cm³/mol. The van der Waals surface area contributed by atoms with Crippen LogP contribution in [0.25, 0.3) is 0 Å². The Kier molecular flexibility index (Phi) is 6.73. The molecule has 2 aromatic rings. The van der Waals surface area contributed by atoms with Gasteiger partial charge in [-0.15, -0.1) is 11.3 Å². The third kappa shape index (κ3) is 4.73. The van der Waals surface area contributed by atoms with Gasteiger partial charge in [0.15, 0.2) is 0 Å². The van der Waals surface area contributed by atoms with Crippen molar-refractivity contribution in [2.24, 2.45) is 5.92 Å². The molecule has 0 spiro atoms. The van der Waals surface area contributed by atoms with Crippen molar-refractivity contribution in [1.29, 1.82) is 0 Å². The van der Waals surface area contributed by atoms with E-state index in [-0.39, 0.29) is 11.8 Å². The number of hydrogen-bond donors (Lipinski definition) is 0. The highest BCUT2D eigenvalue weighted by atomic mass is 35.5. The van der Waals surface area contributed by atoms with Crippen LogP contribution < -0.4 is 0 Å². The van der Waals surface area contributed by atoms with Gasteiger partial charge < -0.3 is 9.80 Å². The lowest BCUT2D eigenvalue weighted by molar-refractivity contribution is 0.0720. The van der Waals surface area contributed by atoms with Crippen LogP contribution >= 0.6 is 22.9 Å². The Morgan fingerprint density at radius 3 is 2.39 bits per heavy atom. The normalized spacial score (nSPS) is 15.0. The molecule has 0 aliphatic carbocycles. The Balaban J connectivity index is 1.68. The van der Waals surface area contributed by atoms with Gasteiger partial charge >= 0.3 is 0 Å². The predicted octanol–water partition coefficient (Wildman–Crippen LogP) is 4.29. The van der Waals surface area contributed by atoms with Gasteiger partial charge in [-0.3, -0.25) is 9.59 Å². The number of aryl methyl sites for hydroxylation is 1. The van der Waals surface area contributed by atoms with Gasteiger partial charge in [0.25, 0.3) is 11.8 Å². The van der Waals surface area contributed by atoms with Gasteiger partial charge in [0.2, 0.25) is 0 Å². The van der Waals surface area contributed by atoms with E-state index < -0.39 is 0 Å². The summed E-state index contributed by atoms with van der Waals surface area (Å²) in [5.74, 6) is 0.459. The molecular weight excluding hydrogens is 394 g/mol. The van der Waals surface area contributed by atoms with E-state index in [1.54, 1.807) is 17.0 Å².